The molecule has 0 aliphatic carbocycles. The van der Waals surface area contributed by atoms with Crippen molar-refractivity contribution in [3.8, 4) is 0 Å². The number of nitrogens with zero attached hydrogens (tertiary/aromatic N) is 1. The smallest absolute Gasteiger partial charge is 0.207 e. The van der Waals surface area contributed by atoms with Gasteiger partial charge in [0, 0.05) is 13.1 Å². The van der Waals surface area contributed by atoms with Gasteiger partial charge in [0.25, 0.3) is 0 Å². The number of likely N-dealkylation sites (N-methyl/N-ethyl adjacent to an activating group) is 1. The fourth-order valence-corrected chi connectivity index (χ4v) is 4.17. The zero-order valence-electron chi connectivity index (χ0n) is 13.7. The van der Waals surface area contributed by atoms with Crippen LogP contribution in [0.2, 0.25) is 0 Å². The molecule has 2 rings (SSSR count). The first-order chi connectivity index (χ1) is 10.8. The highest BCUT2D eigenvalue weighted by Crippen LogP contribution is 2.25. The Morgan fingerprint density at radius 2 is 1.43 bits per heavy atom. The number of hydrogen-bond donors (Lipinski definition) is 0. The first-order valence-corrected chi connectivity index (χ1v) is 9.49. The molecule has 0 fully saturated rings. The van der Waals surface area contributed by atoms with Crippen LogP contribution in [-0.4, -0.2) is 25.8 Å². The highest BCUT2D eigenvalue weighted by molar-refractivity contribution is 7.89. The molecule has 0 heterocycles. The Morgan fingerprint density at radius 1 is 0.957 bits per heavy atom. The van der Waals surface area contributed by atoms with Crippen LogP contribution in [0.25, 0.3) is 0 Å². The van der Waals surface area contributed by atoms with E-state index in [0.29, 0.717) is 11.4 Å². The fourth-order valence-electron chi connectivity index (χ4n) is 2.32. The first kappa shape index (κ1) is 18.0. The molecule has 0 bridgehead atoms. The summed E-state index contributed by atoms with van der Waals surface area (Å²) in [4.78, 5) is 0.303. The third-order valence-electron chi connectivity index (χ3n) is 3.81. The number of sulfonamides is 1. The lowest BCUT2D eigenvalue weighted by Crippen LogP contribution is -2.33. The quantitative estimate of drug-likeness (QED) is 0.728. The van der Waals surface area contributed by atoms with Gasteiger partial charge in [-0.3, -0.25) is 0 Å². The van der Waals surface area contributed by atoms with E-state index in [1.54, 1.807) is 24.3 Å². The fraction of sp³-hybridized carbons (Fsp3) is 0.333. The third kappa shape index (κ3) is 4.34. The van der Waals surface area contributed by atoms with E-state index in [2.05, 4.69) is 0 Å². The highest BCUT2D eigenvalue weighted by atomic mass is 35.5. The molecule has 1 atom stereocenters. The maximum absolute atomic E-state index is 12.8. The molecular formula is C18H22ClNO2S. The van der Waals surface area contributed by atoms with Gasteiger partial charge < -0.3 is 0 Å². The molecule has 2 aromatic carbocycles. The maximum Gasteiger partial charge on any atom is 0.243 e. The molecule has 3 nitrogen and oxygen atoms in total. The lowest BCUT2D eigenvalue weighted by Gasteiger charge is -2.23. The Balaban J connectivity index is 2.21. The molecular weight excluding hydrogens is 330 g/mol. The monoisotopic (exact) mass is 351 g/mol. The van der Waals surface area contributed by atoms with Crippen LogP contribution in [0.4, 0.5) is 0 Å². The summed E-state index contributed by atoms with van der Waals surface area (Å²) in [5, 5.41) is -0.379. The van der Waals surface area contributed by atoms with Gasteiger partial charge in [-0.15, -0.1) is 11.6 Å². The summed E-state index contributed by atoms with van der Waals surface area (Å²) >= 11 is 6.44. The average Bonchev–Trinajstić information content (AvgIpc) is 2.53. The summed E-state index contributed by atoms with van der Waals surface area (Å²) in [5.41, 5.74) is 3.11. The number of benzene rings is 2. The van der Waals surface area contributed by atoms with Crippen LogP contribution < -0.4 is 0 Å². The van der Waals surface area contributed by atoms with Gasteiger partial charge >= 0.3 is 0 Å². The number of alkyl halides is 1. The SMILES string of the molecule is CCN(CC(Cl)c1ccc(C)cc1)S(=O)(=O)c1ccc(C)cc1. The summed E-state index contributed by atoms with van der Waals surface area (Å²) in [6.07, 6.45) is 0. The van der Waals surface area contributed by atoms with Crippen LogP contribution in [-0.2, 0) is 10.0 Å². The van der Waals surface area contributed by atoms with Crippen LogP contribution in [0.3, 0.4) is 0 Å². The minimum Gasteiger partial charge on any atom is -0.207 e. The first-order valence-electron chi connectivity index (χ1n) is 7.62. The summed E-state index contributed by atoms with van der Waals surface area (Å²) in [6.45, 7) is 6.39. The summed E-state index contributed by atoms with van der Waals surface area (Å²) in [7, 11) is -3.53. The third-order valence-corrected chi connectivity index (χ3v) is 6.16. The summed E-state index contributed by atoms with van der Waals surface area (Å²) in [5.74, 6) is 0. The second kappa shape index (κ2) is 7.47. The van der Waals surface area contributed by atoms with E-state index in [4.69, 9.17) is 11.6 Å². The van der Waals surface area contributed by atoms with Gasteiger partial charge in [-0.05, 0) is 31.5 Å². The van der Waals surface area contributed by atoms with Crippen molar-refractivity contribution < 1.29 is 8.42 Å². The van der Waals surface area contributed by atoms with Crippen molar-refractivity contribution in [3.63, 3.8) is 0 Å². The molecule has 0 amide bonds. The largest absolute Gasteiger partial charge is 0.243 e. The average molecular weight is 352 g/mol. The zero-order valence-corrected chi connectivity index (χ0v) is 15.2. The van der Waals surface area contributed by atoms with Gasteiger partial charge in [-0.25, -0.2) is 8.42 Å². The standard InChI is InChI=1S/C18H22ClNO2S/c1-4-20(13-18(19)16-9-5-14(2)6-10-16)23(21,22)17-11-7-15(3)8-12-17/h5-12,18H,4,13H2,1-3H3. The molecule has 0 N–H and O–H groups in total. The Morgan fingerprint density at radius 3 is 1.91 bits per heavy atom. The number of rotatable bonds is 6. The molecule has 1 unspecified atom stereocenters. The zero-order chi connectivity index (χ0) is 17.0. The maximum atomic E-state index is 12.8. The molecule has 0 spiro atoms. The van der Waals surface area contributed by atoms with Crippen molar-refractivity contribution in [1.82, 2.24) is 4.31 Å². The van der Waals surface area contributed by atoms with Crippen molar-refractivity contribution in [1.29, 1.82) is 0 Å². The Hall–Kier alpha value is -1.36. The van der Waals surface area contributed by atoms with Crippen LogP contribution >= 0.6 is 11.6 Å². The Kier molecular flexibility index (Phi) is 5.84. The van der Waals surface area contributed by atoms with Crippen LogP contribution in [0.15, 0.2) is 53.4 Å². The molecule has 5 heteroatoms. The molecule has 0 aliphatic rings. The van der Waals surface area contributed by atoms with E-state index in [1.807, 2.05) is 45.0 Å². The molecule has 0 aromatic heterocycles. The van der Waals surface area contributed by atoms with Gasteiger partial charge in [0.1, 0.15) is 0 Å². The number of hydrogen-bond acceptors (Lipinski definition) is 2. The van der Waals surface area contributed by atoms with Gasteiger partial charge in [0.15, 0.2) is 0 Å². The topological polar surface area (TPSA) is 37.4 Å². The molecule has 0 radical (unpaired) electrons. The van der Waals surface area contributed by atoms with Gasteiger partial charge in [0.05, 0.1) is 10.3 Å². The van der Waals surface area contributed by atoms with Crippen LogP contribution in [0.5, 0.6) is 0 Å². The predicted octanol–water partition coefficient (Wildman–Crippen LogP) is 4.29. The van der Waals surface area contributed by atoms with Crippen molar-refractivity contribution in [2.45, 2.75) is 31.0 Å². The predicted molar refractivity (Wildman–Crippen MR) is 95.4 cm³/mol. The Bertz CT molecular complexity index is 740. The van der Waals surface area contributed by atoms with Gasteiger partial charge in [-0.1, -0.05) is 54.4 Å². The number of halogens is 1. The minimum absolute atomic E-state index is 0.247. The van der Waals surface area contributed by atoms with Crippen molar-refractivity contribution in [3.05, 3.63) is 65.2 Å². The highest BCUT2D eigenvalue weighted by Gasteiger charge is 2.25. The van der Waals surface area contributed by atoms with E-state index in [9.17, 15) is 8.42 Å². The number of aryl methyl sites for hydroxylation is 2. The molecule has 2 aromatic rings. The van der Waals surface area contributed by atoms with E-state index < -0.39 is 10.0 Å². The van der Waals surface area contributed by atoms with E-state index in [1.165, 1.54) is 4.31 Å². The van der Waals surface area contributed by atoms with E-state index in [0.717, 1.165) is 16.7 Å². The second-order valence-corrected chi connectivity index (χ2v) is 8.11. The molecule has 0 saturated heterocycles. The summed E-state index contributed by atoms with van der Waals surface area (Å²) in [6, 6.07) is 14.7. The normalized spacial score (nSPS) is 13.3. The van der Waals surface area contributed by atoms with Crippen molar-refractivity contribution in [2.75, 3.05) is 13.1 Å². The Labute approximate surface area is 144 Å². The molecule has 124 valence electrons. The van der Waals surface area contributed by atoms with Crippen molar-refractivity contribution >= 4 is 21.6 Å². The van der Waals surface area contributed by atoms with Crippen molar-refractivity contribution in [2.24, 2.45) is 0 Å². The summed E-state index contributed by atoms with van der Waals surface area (Å²) < 4.78 is 27.0. The molecule has 23 heavy (non-hydrogen) atoms. The lowest BCUT2D eigenvalue weighted by atomic mass is 10.1. The molecule has 0 saturated carbocycles. The van der Waals surface area contributed by atoms with Gasteiger partial charge in [0.2, 0.25) is 10.0 Å². The molecule has 0 aliphatic heterocycles. The van der Waals surface area contributed by atoms with E-state index >= 15 is 0 Å². The van der Waals surface area contributed by atoms with Crippen LogP contribution in [0, 0.1) is 13.8 Å². The van der Waals surface area contributed by atoms with Gasteiger partial charge in [-0.2, -0.15) is 4.31 Å². The van der Waals surface area contributed by atoms with Crippen LogP contribution in [0.1, 0.15) is 29.0 Å². The lowest BCUT2D eigenvalue weighted by molar-refractivity contribution is 0.426. The minimum atomic E-state index is -3.53. The second-order valence-electron chi connectivity index (χ2n) is 5.65. The van der Waals surface area contributed by atoms with E-state index in [-0.39, 0.29) is 11.9 Å².